The van der Waals surface area contributed by atoms with Gasteiger partial charge in [-0.1, -0.05) is 19.9 Å². The second-order valence-corrected chi connectivity index (χ2v) is 3.90. The highest BCUT2D eigenvalue weighted by Gasteiger charge is 2.28. The van der Waals surface area contributed by atoms with E-state index in [9.17, 15) is 0 Å². The normalized spacial score (nSPS) is 17.0. The van der Waals surface area contributed by atoms with Gasteiger partial charge in [0.1, 0.15) is 0 Å². The van der Waals surface area contributed by atoms with Crippen LogP contribution in [0.25, 0.3) is 0 Å². The van der Waals surface area contributed by atoms with Crippen LogP contribution in [-0.4, -0.2) is 24.5 Å². The van der Waals surface area contributed by atoms with Crippen molar-refractivity contribution in [2.45, 2.75) is 32.7 Å². The Morgan fingerprint density at radius 3 is 2.00 bits per heavy atom. The molecule has 0 aliphatic carbocycles. The molecular formula is C10H21N. The quantitative estimate of drug-likeness (QED) is 0.564. The molecule has 1 heteroatoms. The minimum atomic E-state index is 0.266. The van der Waals surface area contributed by atoms with E-state index in [4.69, 9.17) is 0 Å². The number of hydrogen-bond acceptors (Lipinski definition) is 1. The zero-order chi connectivity index (χ0) is 9.07. The summed E-state index contributed by atoms with van der Waals surface area (Å²) in [5, 5.41) is 0. The van der Waals surface area contributed by atoms with E-state index in [2.05, 4.69) is 46.3 Å². The van der Waals surface area contributed by atoms with E-state index >= 15 is 0 Å². The van der Waals surface area contributed by atoms with Crippen molar-refractivity contribution in [1.29, 1.82) is 0 Å². The summed E-state index contributed by atoms with van der Waals surface area (Å²) < 4.78 is 0. The van der Waals surface area contributed by atoms with Crippen molar-refractivity contribution in [3.63, 3.8) is 0 Å². The van der Waals surface area contributed by atoms with E-state index < -0.39 is 0 Å². The largest absolute Gasteiger partial charge is 0.303 e. The lowest BCUT2D eigenvalue weighted by atomic mass is 9.84. The maximum atomic E-state index is 3.78. The topological polar surface area (TPSA) is 3.24 Å². The van der Waals surface area contributed by atoms with Gasteiger partial charge in [-0.3, -0.25) is 0 Å². The van der Waals surface area contributed by atoms with Gasteiger partial charge in [-0.25, -0.2) is 0 Å². The summed E-state index contributed by atoms with van der Waals surface area (Å²) in [5.41, 5.74) is 0.266. The third kappa shape index (κ3) is 2.33. The van der Waals surface area contributed by atoms with E-state index in [0.717, 1.165) is 6.42 Å². The van der Waals surface area contributed by atoms with Gasteiger partial charge in [-0.15, -0.1) is 6.58 Å². The van der Waals surface area contributed by atoms with E-state index in [1.54, 1.807) is 0 Å². The highest BCUT2D eigenvalue weighted by molar-refractivity contribution is 4.92. The molecule has 1 atom stereocenters. The second-order valence-electron chi connectivity index (χ2n) is 3.90. The fourth-order valence-corrected chi connectivity index (χ4v) is 1.23. The molecule has 0 spiro atoms. The van der Waals surface area contributed by atoms with Gasteiger partial charge in [-0.05, 0) is 33.4 Å². The average molecular weight is 155 g/mol. The highest BCUT2D eigenvalue weighted by atomic mass is 15.1. The maximum Gasteiger partial charge on any atom is 0.0232 e. The molecule has 0 fully saturated rings. The Bertz CT molecular complexity index is 117. The standard InChI is InChI=1S/C10H21N/c1-7-8-10(4,9(2)3)11(5)6/h7,9H,1,8H2,2-6H3. The Kier molecular flexibility index (Phi) is 3.81. The van der Waals surface area contributed by atoms with Crippen LogP contribution < -0.4 is 0 Å². The summed E-state index contributed by atoms with van der Waals surface area (Å²) in [4.78, 5) is 2.28. The molecule has 0 aliphatic rings. The van der Waals surface area contributed by atoms with Gasteiger partial charge in [-0.2, -0.15) is 0 Å². The van der Waals surface area contributed by atoms with Crippen LogP contribution in [0, 0.1) is 5.92 Å². The molecule has 11 heavy (non-hydrogen) atoms. The lowest BCUT2D eigenvalue weighted by Crippen LogP contribution is -2.45. The molecule has 0 saturated heterocycles. The van der Waals surface area contributed by atoms with Crippen LogP contribution in [0.5, 0.6) is 0 Å². The molecule has 0 aromatic rings. The van der Waals surface area contributed by atoms with Crippen molar-refractivity contribution in [2.75, 3.05) is 14.1 Å². The summed E-state index contributed by atoms with van der Waals surface area (Å²) in [5.74, 6) is 0.662. The molecular weight excluding hydrogens is 134 g/mol. The summed E-state index contributed by atoms with van der Waals surface area (Å²) in [6.45, 7) is 10.6. The molecule has 0 aromatic carbocycles. The van der Waals surface area contributed by atoms with Crippen LogP contribution in [-0.2, 0) is 0 Å². The molecule has 0 heterocycles. The number of hydrogen-bond donors (Lipinski definition) is 0. The minimum absolute atomic E-state index is 0.266. The molecule has 0 bridgehead atoms. The lowest BCUT2D eigenvalue weighted by Gasteiger charge is -2.39. The van der Waals surface area contributed by atoms with Crippen LogP contribution in [0.2, 0.25) is 0 Å². The number of rotatable bonds is 4. The van der Waals surface area contributed by atoms with Crippen LogP contribution in [0.4, 0.5) is 0 Å². The van der Waals surface area contributed by atoms with Gasteiger partial charge in [0.15, 0.2) is 0 Å². The van der Waals surface area contributed by atoms with E-state index in [1.165, 1.54) is 0 Å². The van der Waals surface area contributed by atoms with Crippen LogP contribution in [0.3, 0.4) is 0 Å². The van der Waals surface area contributed by atoms with Crippen molar-refractivity contribution in [3.05, 3.63) is 12.7 Å². The van der Waals surface area contributed by atoms with Crippen molar-refractivity contribution in [2.24, 2.45) is 5.92 Å². The van der Waals surface area contributed by atoms with Gasteiger partial charge in [0.25, 0.3) is 0 Å². The maximum absolute atomic E-state index is 3.78. The average Bonchev–Trinajstić information content (AvgIpc) is 1.87. The summed E-state index contributed by atoms with van der Waals surface area (Å²) >= 11 is 0. The van der Waals surface area contributed by atoms with Gasteiger partial charge >= 0.3 is 0 Å². The third-order valence-corrected chi connectivity index (χ3v) is 2.82. The fraction of sp³-hybridized carbons (Fsp3) is 0.800. The van der Waals surface area contributed by atoms with Crippen molar-refractivity contribution in [3.8, 4) is 0 Å². The van der Waals surface area contributed by atoms with E-state index in [1.807, 2.05) is 6.08 Å². The molecule has 0 radical (unpaired) electrons. The molecule has 0 aliphatic heterocycles. The second kappa shape index (κ2) is 3.91. The van der Waals surface area contributed by atoms with E-state index in [0.29, 0.717) is 5.92 Å². The monoisotopic (exact) mass is 155 g/mol. The minimum Gasteiger partial charge on any atom is -0.303 e. The van der Waals surface area contributed by atoms with Crippen LogP contribution in [0.15, 0.2) is 12.7 Å². The summed E-state index contributed by atoms with van der Waals surface area (Å²) in [6, 6.07) is 0. The fourth-order valence-electron chi connectivity index (χ4n) is 1.23. The summed E-state index contributed by atoms with van der Waals surface area (Å²) in [6.07, 6.45) is 3.05. The van der Waals surface area contributed by atoms with Crippen LogP contribution in [0.1, 0.15) is 27.2 Å². The molecule has 0 saturated carbocycles. The Hall–Kier alpha value is -0.300. The molecule has 1 nitrogen and oxygen atoms in total. The SMILES string of the molecule is C=CCC(C)(C(C)C)N(C)C. The predicted octanol–water partition coefficient (Wildman–Crippen LogP) is 2.54. The predicted molar refractivity (Wildman–Crippen MR) is 51.7 cm³/mol. The Balaban J connectivity index is 4.37. The molecule has 0 N–H and O–H groups in total. The first-order valence-electron chi connectivity index (χ1n) is 4.23. The highest BCUT2D eigenvalue weighted by Crippen LogP contribution is 2.25. The lowest BCUT2D eigenvalue weighted by molar-refractivity contribution is 0.118. The molecule has 0 rings (SSSR count). The van der Waals surface area contributed by atoms with Gasteiger partial charge in [0.05, 0.1) is 0 Å². The van der Waals surface area contributed by atoms with Gasteiger partial charge < -0.3 is 4.90 Å². The van der Waals surface area contributed by atoms with Crippen molar-refractivity contribution in [1.82, 2.24) is 4.90 Å². The zero-order valence-electron chi connectivity index (χ0n) is 8.52. The molecule has 66 valence electrons. The zero-order valence-corrected chi connectivity index (χ0v) is 8.52. The van der Waals surface area contributed by atoms with Crippen LogP contribution >= 0.6 is 0 Å². The molecule has 0 amide bonds. The Labute approximate surface area is 71.1 Å². The molecule has 1 unspecified atom stereocenters. The first-order valence-corrected chi connectivity index (χ1v) is 4.23. The van der Waals surface area contributed by atoms with Crippen molar-refractivity contribution >= 4 is 0 Å². The summed E-state index contributed by atoms with van der Waals surface area (Å²) in [7, 11) is 4.26. The van der Waals surface area contributed by atoms with Gasteiger partial charge in [0.2, 0.25) is 0 Å². The van der Waals surface area contributed by atoms with Crippen molar-refractivity contribution < 1.29 is 0 Å². The third-order valence-electron chi connectivity index (χ3n) is 2.82. The van der Waals surface area contributed by atoms with Gasteiger partial charge in [0, 0.05) is 5.54 Å². The molecule has 0 aromatic heterocycles. The number of nitrogens with zero attached hydrogens (tertiary/aromatic N) is 1. The Morgan fingerprint density at radius 1 is 1.45 bits per heavy atom. The van der Waals surface area contributed by atoms with E-state index in [-0.39, 0.29) is 5.54 Å². The Morgan fingerprint density at radius 2 is 1.91 bits per heavy atom. The first kappa shape index (κ1) is 10.7. The smallest absolute Gasteiger partial charge is 0.0232 e. The first-order chi connectivity index (χ1) is 4.95.